The van der Waals surface area contributed by atoms with Crippen LogP contribution in [0.5, 0.6) is 0 Å². The average Bonchev–Trinajstić information content (AvgIpc) is 2.77. The number of rotatable bonds is 11. The van der Waals surface area contributed by atoms with Gasteiger partial charge >= 0.3 is 5.97 Å². The first kappa shape index (κ1) is 27.4. The van der Waals surface area contributed by atoms with E-state index in [0.717, 1.165) is 10.6 Å². The molecule has 11 heteroatoms. The van der Waals surface area contributed by atoms with Crippen LogP contribution in [-0.2, 0) is 14.8 Å². The highest BCUT2D eigenvalue weighted by molar-refractivity contribution is 7.92. The fraction of sp³-hybridized carbons (Fsp3) is 0.435. The van der Waals surface area contributed by atoms with Crippen LogP contribution in [0.15, 0.2) is 30.3 Å². The van der Waals surface area contributed by atoms with E-state index in [0.29, 0.717) is 35.4 Å². The first-order valence-corrected chi connectivity index (χ1v) is 12.5. The molecule has 1 aromatic heterocycles. The minimum atomic E-state index is -3.62. The number of allylic oxidation sites excluding steroid dienone is 1. The number of hydrogen-bond acceptors (Lipinski definition) is 7. The van der Waals surface area contributed by atoms with Crippen LogP contribution in [0.2, 0.25) is 0 Å². The molecule has 0 aliphatic rings. The molecule has 9 nitrogen and oxygen atoms in total. The van der Waals surface area contributed by atoms with Gasteiger partial charge in [0.2, 0.25) is 16.0 Å². The second-order valence-corrected chi connectivity index (χ2v) is 10.3. The SMILES string of the molecule is CC(C)c1nc(N(C)S(C)(=O)=O)nc(-c2ccc(F)cc2)c1C=CCCCC(O)C(O)C(=O)O. The molecule has 0 saturated carbocycles. The van der Waals surface area contributed by atoms with Crippen LogP contribution in [0.25, 0.3) is 17.3 Å². The molecule has 2 unspecified atom stereocenters. The number of carboxylic acid groups (broad SMARTS) is 1. The maximum Gasteiger partial charge on any atom is 0.335 e. The number of hydrogen-bond donors (Lipinski definition) is 3. The third-order valence-electron chi connectivity index (χ3n) is 5.18. The summed E-state index contributed by atoms with van der Waals surface area (Å²) in [5, 5.41) is 27.9. The Morgan fingerprint density at radius 1 is 1.18 bits per heavy atom. The van der Waals surface area contributed by atoms with E-state index in [1.54, 1.807) is 24.3 Å². The van der Waals surface area contributed by atoms with Crippen molar-refractivity contribution in [1.82, 2.24) is 9.97 Å². The van der Waals surface area contributed by atoms with Crippen molar-refractivity contribution in [2.45, 2.75) is 51.2 Å². The van der Waals surface area contributed by atoms with Crippen LogP contribution in [-0.4, -0.2) is 65.2 Å². The van der Waals surface area contributed by atoms with Crippen molar-refractivity contribution in [3.05, 3.63) is 47.4 Å². The standard InChI is InChI=1S/C23H30FN3O6S/c1-14(2)19-17(8-6-5-7-9-18(28)21(29)22(30)31)20(15-10-12-16(24)13-11-15)26-23(25-19)27(3)34(4,32)33/h6,8,10-14,18,21,28-29H,5,7,9H2,1-4H3,(H,30,31). The van der Waals surface area contributed by atoms with Gasteiger partial charge < -0.3 is 15.3 Å². The molecule has 0 radical (unpaired) electrons. The van der Waals surface area contributed by atoms with Gasteiger partial charge in [0.25, 0.3) is 0 Å². The summed E-state index contributed by atoms with van der Waals surface area (Å²) in [5.41, 5.74) is 2.24. The van der Waals surface area contributed by atoms with Gasteiger partial charge in [-0.1, -0.05) is 26.0 Å². The normalized spacial score (nSPS) is 13.9. The van der Waals surface area contributed by atoms with E-state index in [9.17, 15) is 27.8 Å². The van der Waals surface area contributed by atoms with Crippen molar-refractivity contribution >= 4 is 28.0 Å². The van der Waals surface area contributed by atoms with E-state index in [1.807, 2.05) is 13.8 Å². The number of halogens is 1. The lowest BCUT2D eigenvalue weighted by molar-refractivity contribution is -0.153. The third kappa shape index (κ3) is 7.05. The summed E-state index contributed by atoms with van der Waals surface area (Å²) in [5.74, 6) is -2.01. The molecule has 2 aromatic rings. The van der Waals surface area contributed by atoms with Crippen LogP contribution in [0.3, 0.4) is 0 Å². The lowest BCUT2D eigenvalue weighted by atomic mass is 9.97. The second-order valence-electron chi connectivity index (χ2n) is 8.25. The molecule has 0 amide bonds. The fourth-order valence-corrected chi connectivity index (χ4v) is 3.54. The van der Waals surface area contributed by atoms with Crippen molar-refractivity contribution in [1.29, 1.82) is 0 Å². The van der Waals surface area contributed by atoms with Crippen molar-refractivity contribution in [3.63, 3.8) is 0 Å². The number of unbranched alkanes of at least 4 members (excludes halogenated alkanes) is 1. The Balaban J connectivity index is 2.45. The minimum Gasteiger partial charge on any atom is -0.479 e. The number of benzene rings is 1. The maximum absolute atomic E-state index is 13.5. The smallest absolute Gasteiger partial charge is 0.335 e. The summed E-state index contributed by atoms with van der Waals surface area (Å²) in [6.45, 7) is 3.81. The third-order valence-corrected chi connectivity index (χ3v) is 6.34. The van der Waals surface area contributed by atoms with Gasteiger partial charge in [-0.05, 0) is 49.4 Å². The zero-order valence-corrected chi connectivity index (χ0v) is 20.3. The first-order chi connectivity index (χ1) is 15.8. The van der Waals surface area contributed by atoms with E-state index in [1.165, 1.54) is 19.2 Å². The van der Waals surface area contributed by atoms with Crippen LogP contribution in [0, 0.1) is 5.82 Å². The average molecular weight is 496 g/mol. The van der Waals surface area contributed by atoms with Gasteiger partial charge in [-0.15, -0.1) is 0 Å². The van der Waals surface area contributed by atoms with Crippen molar-refractivity contribution in [2.24, 2.45) is 0 Å². The molecule has 1 aromatic carbocycles. The van der Waals surface area contributed by atoms with Crippen LogP contribution >= 0.6 is 0 Å². The summed E-state index contributed by atoms with van der Waals surface area (Å²) < 4.78 is 38.7. The molecule has 0 saturated heterocycles. The lowest BCUT2D eigenvalue weighted by Crippen LogP contribution is -2.33. The number of carbonyl (C=O) groups is 1. The van der Waals surface area contributed by atoms with Crippen molar-refractivity contribution in [3.8, 4) is 11.3 Å². The maximum atomic E-state index is 13.5. The van der Waals surface area contributed by atoms with E-state index < -0.39 is 34.0 Å². The van der Waals surface area contributed by atoms with Gasteiger partial charge in [0.05, 0.1) is 23.7 Å². The molecule has 34 heavy (non-hydrogen) atoms. The highest BCUT2D eigenvalue weighted by Crippen LogP contribution is 2.31. The van der Waals surface area contributed by atoms with E-state index in [4.69, 9.17) is 5.11 Å². The number of carboxylic acids is 1. The predicted octanol–water partition coefficient (Wildman–Crippen LogP) is 2.79. The molecule has 2 rings (SSSR count). The molecule has 0 aliphatic heterocycles. The van der Waals surface area contributed by atoms with Gasteiger partial charge in [0, 0.05) is 18.2 Å². The number of sulfonamides is 1. The Labute approximate surface area is 198 Å². The molecule has 0 aliphatic carbocycles. The number of aliphatic hydroxyl groups is 2. The van der Waals surface area contributed by atoms with Crippen molar-refractivity contribution < 1.29 is 32.9 Å². The lowest BCUT2D eigenvalue weighted by Gasteiger charge is -2.20. The number of nitrogens with zero attached hydrogens (tertiary/aromatic N) is 3. The van der Waals surface area contributed by atoms with Crippen LogP contribution in [0.1, 0.15) is 50.3 Å². The van der Waals surface area contributed by atoms with Gasteiger partial charge in [-0.25, -0.2) is 31.9 Å². The second kappa shape index (κ2) is 11.5. The minimum absolute atomic E-state index is 0.00606. The summed E-state index contributed by atoms with van der Waals surface area (Å²) >= 11 is 0. The Bertz CT molecular complexity index is 1140. The topological polar surface area (TPSA) is 141 Å². The predicted molar refractivity (Wildman–Crippen MR) is 127 cm³/mol. The van der Waals surface area contributed by atoms with E-state index >= 15 is 0 Å². The van der Waals surface area contributed by atoms with Crippen LogP contribution < -0.4 is 4.31 Å². The molecule has 0 bridgehead atoms. The van der Waals surface area contributed by atoms with Gasteiger partial charge in [0.1, 0.15) is 5.82 Å². The Kier molecular flexibility index (Phi) is 9.25. The molecule has 186 valence electrons. The molecule has 3 N–H and O–H groups in total. The van der Waals surface area contributed by atoms with E-state index in [2.05, 4.69) is 9.97 Å². The molecule has 1 heterocycles. The summed E-state index contributed by atoms with van der Waals surface area (Å²) in [7, 11) is -2.26. The number of aromatic nitrogens is 2. The molecule has 0 fully saturated rings. The molecule has 0 spiro atoms. The van der Waals surface area contributed by atoms with Gasteiger partial charge in [0.15, 0.2) is 6.10 Å². The number of aliphatic hydroxyl groups excluding tert-OH is 2. The summed E-state index contributed by atoms with van der Waals surface area (Å²) in [4.78, 5) is 19.7. The molecule has 2 atom stereocenters. The first-order valence-electron chi connectivity index (χ1n) is 10.7. The summed E-state index contributed by atoms with van der Waals surface area (Å²) in [6, 6.07) is 5.67. The van der Waals surface area contributed by atoms with E-state index in [-0.39, 0.29) is 18.3 Å². The Hall–Kier alpha value is -2.89. The summed E-state index contributed by atoms with van der Waals surface area (Å²) in [6.07, 6.45) is 2.39. The fourth-order valence-electron chi connectivity index (χ4n) is 3.16. The zero-order valence-electron chi connectivity index (χ0n) is 19.5. The largest absolute Gasteiger partial charge is 0.479 e. The highest BCUT2D eigenvalue weighted by atomic mass is 32.2. The monoisotopic (exact) mass is 495 g/mol. The Morgan fingerprint density at radius 3 is 2.32 bits per heavy atom. The van der Waals surface area contributed by atoms with Gasteiger partial charge in [-0.3, -0.25) is 0 Å². The van der Waals surface area contributed by atoms with Crippen molar-refractivity contribution in [2.75, 3.05) is 17.6 Å². The van der Waals surface area contributed by atoms with Gasteiger partial charge in [-0.2, -0.15) is 0 Å². The Morgan fingerprint density at radius 2 is 1.79 bits per heavy atom. The quantitative estimate of drug-likeness (QED) is 0.404. The number of aliphatic carboxylic acids is 1. The zero-order chi connectivity index (χ0) is 25.6. The van der Waals surface area contributed by atoms with Crippen LogP contribution in [0.4, 0.5) is 10.3 Å². The highest BCUT2D eigenvalue weighted by Gasteiger charge is 2.23. The number of anilines is 1. The molecular weight excluding hydrogens is 465 g/mol. The molecular formula is C23H30FN3O6S.